The highest BCUT2D eigenvalue weighted by Crippen LogP contribution is 2.76. The summed E-state index contributed by atoms with van der Waals surface area (Å²) in [5, 5.41) is 0. The second kappa shape index (κ2) is 1.78. The molecule has 2 rings (SSSR count). The predicted octanol–water partition coefficient (Wildman–Crippen LogP) is 3.08. The van der Waals surface area contributed by atoms with E-state index in [0.717, 1.165) is 23.2 Å². The highest BCUT2D eigenvalue weighted by Gasteiger charge is 2.70. The van der Waals surface area contributed by atoms with Crippen molar-refractivity contribution in [1.29, 1.82) is 0 Å². The summed E-state index contributed by atoms with van der Waals surface area (Å²) in [5.41, 5.74) is 0.869. The van der Waals surface area contributed by atoms with Crippen molar-refractivity contribution >= 4 is 0 Å². The van der Waals surface area contributed by atoms with Gasteiger partial charge in [-0.15, -0.1) is 0 Å². The first-order valence-corrected chi connectivity index (χ1v) is 4.72. The van der Waals surface area contributed by atoms with Gasteiger partial charge in [-0.3, -0.25) is 0 Å². The minimum Gasteiger partial charge on any atom is -0.0654 e. The quantitative estimate of drug-likeness (QED) is 0.550. The lowest BCUT2D eigenvalue weighted by atomic mass is 9.73. The zero-order valence-corrected chi connectivity index (χ0v) is 7.35. The SMILES string of the molecule is CCCC12CC(C)C1C2C. The van der Waals surface area contributed by atoms with Crippen LogP contribution in [-0.2, 0) is 0 Å². The summed E-state index contributed by atoms with van der Waals surface area (Å²) in [4.78, 5) is 0. The molecule has 0 aromatic rings. The Hall–Kier alpha value is 0. The van der Waals surface area contributed by atoms with Crippen LogP contribution in [0.2, 0.25) is 0 Å². The lowest BCUT2D eigenvalue weighted by Crippen LogP contribution is -2.23. The van der Waals surface area contributed by atoms with Crippen LogP contribution in [0.5, 0.6) is 0 Å². The number of hydrogen-bond acceptors (Lipinski definition) is 0. The Morgan fingerprint density at radius 3 is 2.40 bits per heavy atom. The summed E-state index contributed by atoms with van der Waals surface area (Å²) in [7, 11) is 0. The summed E-state index contributed by atoms with van der Waals surface area (Å²) < 4.78 is 0. The van der Waals surface area contributed by atoms with E-state index in [1.165, 1.54) is 19.3 Å². The van der Waals surface area contributed by atoms with Crippen molar-refractivity contribution in [3.8, 4) is 0 Å². The minimum atomic E-state index is 0.869. The van der Waals surface area contributed by atoms with Crippen LogP contribution in [-0.4, -0.2) is 0 Å². The molecule has 4 unspecified atom stereocenters. The van der Waals surface area contributed by atoms with Crippen molar-refractivity contribution in [3.63, 3.8) is 0 Å². The van der Waals surface area contributed by atoms with Crippen LogP contribution in [0.4, 0.5) is 0 Å². The summed E-state index contributed by atoms with van der Waals surface area (Å²) in [5.74, 6) is 3.26. The summed E-state index contributed by atoms with van der Waals surface area (Å²) in [6.45, 7) is 7.19. The molecule has 0 nitrogen and oxygen atoms in total. The molecule has 0 aromatic carbocycles. The van der Waals surface area contributed by atoms with Crippen molar-refractivity contribution in [1.82, 2.24) is 0 Å². The Balaban J connectivity index is 1.98. The molecule has 0 spiro atoms. The second-order valence-corrected chi connectivity index (χ2v) is 4.48. The predicted molar refractivity (Wildman–Crippen MR) is 43.8 cm³/mol. The first kappa shape index (κ1) is 6.69. The third kappa shape index (κ3) is 0.538. The van der Waals surface area contributed by atoms with E-state index in [1.807, 2.05) is 0 Å². The molecule has 0 saturated heterocycles. The Kier molecular flexibility index (Phi) is 1.19. The van der Waals surface area contributed by atoms with Gasteiger partial charge in [-0.2, -0.15) is 0 Å². The third-order valence-corrected chi connectivity index (χ3v) is 4.03. The molecule has 0 radical (unpaired) electrons. The van der Waals surface area contributed by atoms with E-state index < -0.39 is 0 Å². The standard InChI is InChI=1S/C10H18/c1-4-5-10-6-7(2)9(10)8(10)3/h7-9H,4-6H2,1-3H3. The number of fused-ring (bicyclic) bond motifs is 1. The van der Waals surface area contributed by atoms with Crippen LogP contribution >= 0.6 is 0 Å². The van der Waals surface area contributed by atoms with Gasteiger partial charge in [0.25, 0.3) is 0 Å². The molecule has 4 atom stereocenters. The Labute approximate surface area is 64.0 Å². The average molecular weight is 138 g/mol. The van der Waals surface area contributed by atoms with E-state index in [0.29, 0.717) is 0 Å². The van der Waals surface area contributed by atoms with Crippen LogP contribution in [0.3, 0.4) is 0 Å². The lowest BCUT2D eigenvalue weighted by molar-refractivity contribution is 0.180. The molecule has 2 aliphatic carbocycles. The normalized spacial score (nSPS) is 57.3. The van der Waals surface area contributed by atoms with Crippen molar-refractivity contribution in [2.75, 3.05) is 0 Å². The van der Waals surface area contributed by atoms with E-state index >= 15 is 0 Å². The van der Waals surface area contributed by atoms with Crippen molar-refractivity contribution < 1.29 is 0 Å². The van der Waals surface area contributed by atoms with Crippen LogP contribution in [0.1, 0.15) is 40.0 Å². The first-order chi connectivity index (χ1) is 4.72. The van der Waals surface area contributed by atoms with E-state index in [2.05, 4.69) is 20.8 Å². The van der Waals surface area contributed by atoms with Gasteiger partial charge in [-0.1, -0.05) is 27.2 Å². The molecule has 2 fully saturated rings. The van der Waals surface area contributed by atoms with Gasteiger partial charge in [0.15, 0.2) is 0 Å². The van der Waals surface area contributed by atoms with Gasteiger partial charge >= 0.3 is 0 Å². The van der Waals surface area contributed by atoms with Gasteiger partial charge in [0, 0.05) is 0 Å². The summed E-state index contributed by atoms with van der Waals surface area (Å²) in [6, 6.07) is 0. The van der Waals surface area contributed by atoms with Crippen LogP contribution in [0.25, 0.3) is 0 Å². The topological polar surface area (TPSA) is 0 Å². The maximum atomic E-state index is 2.45. The van der Waals surface area contributed by atoms with Gasteiger partial charge in [0.05, 0.1) is 0 Å². The molecule has 2 aliphatic rings. The molecule has 2 saturated carbocycles. The van der Waals surface area contributed by atoms with Gasteiger partial charge in [0.1, 0.15) is 0 Å². The third-order valence-electron chi connectivity index (χ3n) is 4.03. The molecule has 0 bridgehead atoms. The summed E-state index contributed by atoms with van der Waals surface area (Å²) in [6.07, 6.45) is 4.43. The molecule has 0 amide bonds. The molecule has 0 aromatic heterocycles. The first-order valence-electron chi connectivity index (χ1n) is 4.72. The van der Waals surface area contributed by atoms with Crippen LogP contribution < -0.4 is 0 Å². The Morgan fingerprint density at radius 1 is 1.40 bits per heavy atom. The van der Waals surface area contributed by atoms with E-state index in [4.69, 9.17) is 0 Å². The molecule has 58 valence electrons. The molecule has 0 N–H and O–H groups in total. The highest BCUT2D eigenvalue weighted by molar-refractivity contribution is 5.18. The van der Waals surface area contributed by atoms with E-state index in [9.17, 15) is 0 Å². The van der Waals surface area contributed by atoms with Gasteiger partial charge in [-0.25, -0.2) is 0 Å². The van der Waals surface area contributed by atoms with Gasteiger partial charge in [0.2, 0.25) is 0 Å². The average Bonchev–Trinajstić information content (AvgIpc) is 2.30. The Bertz CT molecular complexity index is 146. The fourth-order valence-corrected chi connectivity index (χ4v) is 3.65. The second-order valence-electron chi connectivity index (χ2n) is 4.48. The van der Waals surface area contributed by atoms with Crippen molar-refractivity contribution in [3.05, 3.63) is 0 Å². The highest BCUT2D eigenvalue weighted by atomic mass is 14.7. The molecule has 0 aliphatic heterocycles. The fourth-order valence-electron chi connectivity index (χ4n) is 3.65. The zero-order valence-electron chi connectivity index (χ0n) is 7.35. The number of hydrogen-bond donors (Lipinski definition) is 0. The van der Waals surface area contributed by atoms with Crippen molar-refractivity contribution in [2.45, 2.75) is 40.0 Å². The zero-order chi connectivity index (χ0) is 7.35. The molecule has 0 heteroatoms. The van der Waals surface area contributed by atoms with Crippen LogP contribution in [0.15, 0.2) is 0 Å². The molecular formula is C10H18. The maximum absolute atomic E-state index is 2.45. The largest absolute Gasteiger partial charge is 0.0654 e. The molecular weight excluding hydrogens is 120 g/mol. The number of rotatable bonds is 2. The Morgan fingerprint density at radius 2 is 2.10 bits per heavy atom. The minimum absolute atomic E-state index is 0.869. The summed E-state index contributed by atoms with van der Waals surface area (Å²) >= 11 is 0. The van der Waals surface area contributed by atoms with Gasteiger partial charge in [-0.05, 0) is 36.0 Å². The molecule has 10 heavy (non-hydrogen) atoms. The molecule has 0 heterocycles. The van der Waals surface area contributed by atoms with Crippen molar-refractivity contribution in [2.24, 2.45) is 23.2 Å². The smallest absolute Gasteiger partial charge is 0.0233 e. The maximum Gasteiger partial charge on any atom is -0.0233 e. The van der Waals surface area contributed by atoms with E-state index in [-0.39, 0.29) is 0 Å². The van der Waals surface area contributed by atoms with Crippen LogP contribution in [0, 0.1) is 23.2 Å². The lowest BCUT2D eigenvalue weighted by Gasteiger charge is -2.31. The monoisotopic (exact) mass is 138 g/mol. The van der Waals surface area contributed by atoms with Gasteiger partial charge < -0.3 is 0 Å². The van der Waals surface area contributed by atoms with E-state index in [1.54, 1.807) is 0 Å². The fraction of sp³-hybridized carbons (Fsp3) is 1.00.